The average Bonchev–Trinajstić information content (AvgIpc) is 3.01. The topological polar surface area (TPSA) is 84.6 Å². The van der Waals surface area contributed by atoms with E-state index >= 15 is 0 Å². The van der Waals surface area contributed by atoms with Gasteiger partial charge in [-0.15, -0.1) is 0 Å². The summed E-state index contributed by atoms with van der Waals surface area (Å²) in [6.07, 6.45) is 3.19. The van der Waals surface area contributed by atoms with Crippen LogP contribution < -0.4 is 5.32 Å². The standard InChI is InChI=1S/C20H16N2O4/c1-2-25-20(24)19-18(15-8-9-21-11-17(15)26-19)22-13-6-7-14-12(10-13)4-3-5-16(14)23/h3-11,22-23H,2H2,1H3. The summed E-state index contributed by atoms with van der Waals surface area (Å²) >= 11 is 0. The highest BCUT2D eigenvalue weighted by atomic mass is 16.5. The predicted octanol–water partition coefficient (Wildman–Crippen LogP) is 4.61. The number of hydrogen-bond acceptors (Lipinski definition) is 6. The molecule has 0 unspecified atom stereocenters. The highest BCUT2D eigenvalue weighted by Crippen LogP contribution is 2.35. The number of benzene rings is 2. The second-order valence-corrected chi connectivity index (χ2v) is 5.74. The molecule has 2 N–H and O–H groups in total. The summed E-state index contributed by atoms with van der Waals surface area (Å²) in [6, 6.07) is 12.7. The molecule has 4 rings (SSSR count). The minimum Gasteiger partial charge on any atom is -0.507 e. The summed E-state index contributed by atoms with van der Waals surface area (Å²) < 4.78 is 10.7. The number of aromatic nitrogens is 1. The number of phenols is 1. The maximum Gasteiger partial charge on any atom is 0.376 e. The number of carbonyl (C=O) groups is 1. The van der Waals surface area contributed by atoms with Crippen LogP contribution in [-0.4, -0.2) is 22.7 Å². The molecule has 6 nitrogen and oxygen atoms in total. The minimum atomic E-state index is -0.537. The van der Waals surface area contributed by atoms with E-state index in [2.05, 4.69) is 10.3 Å². The lowest BCUT2D eigenvalue weighted by Crippen LogP contribution is -2.06. The zero-order valence-electron chi connectivity index (χ0n) is 14.0. The summed E-state index contributed by atoms with van der Waals surface area (Å²) in [6.45, 7) is 1.99. The second-order valence-electron chi connectivity index (χ2n) is 5.74. The van der Waals surface area contributed by atoms with E-state index in [1.54, 1.807) is 37.5 Å². The Morgan fingerprint density at radius 3 is 2.96 bits per heavy atom. The summed E-state index contributed by atoms with van der Waals surface area (Å²) in [4.78, 5) is 16.3. The molecule has 2 aromatic heterocycles. The molecule has 0 aliphatic rings. The van der Waals surface area contributed by atoms with Gasteiger partial charge in [-0.1, -0.05) is 12.1 Å². The summed E-state index contributed by atoms with van der Waals surface area (Å²) in [5.41, 5.74) is 1.78. The maximum absolute atomic E-state index is 12.3. The highest BCUT2D eigenvalue weighted by molar-refractivity contribution is 6.05. The molecule has 0 saturated carbocycles. The van der Waals surface area contributed by atoms with E-state index in [9.17, 15) is 9.90 Å². The van der Waals surface area contributed by atoms with Crippen molar-refractivity contribution in [1.29, 1.82) is 0 Å². The van der Waals surface area contributed by atoms with Crippen LogP contribution in [0.2, 0.25) is 0 Å². The number of phenolic OH excluding ortho intramolecular Hbond substituents is 1. The van der Waals surface area contributed by atoms with Gasteiger partial charge in [-0.05, 0) is 42.6 Å². The van der Waals surface area contributed by atoms with Crippen molar-refractivity contribution in [3.8, 4) is 5.75 Å². The number of carbonyl (C=O) groups excluding carboxylic acids is 1. The van der Waals surface area contributed by atoms with E-state index in [0.717, 1.165) is 21.8 Å². The van der Waals surface area contributed by atoms with Crippen molar-refractivity contribution in [2.75, 3.05) is 11.9 Å². The zero-order valence-corrected chi connectivity index (χ0v) is 14.0. The van der Waals surface area contributed by atoms with Crippen molar-refractivity contribution in [2.24, 2.45) is 0 Å². The van der Waals surface area contributed by atoms with Gasteiger partial charge in [-0.3, -0.25) is 4.98 Å². The van der Waals surface area contributed by atoms with Crippen LogP contribution in [-0.2, 0) is 4.74 Å². The van der Waals surface area contributed by atoms with Crippen molar-refractivity contribution in [2.45, 2.75) is 6.92 Å². The number of fused-ring (bicyclic) bond motifs is 2. The van der Waals surface area contributed by atoms with Crippen molar-refractivity contribution in [3.05, 3.63) is 60.6 Å². The first-order chi connectivity index (χ1) is 12.7. The third-order valence-electron chi connectivity index (χ3n) is 4.08. The van der Waals surface area contributed by atoms with Crippen LogP contribution in [0.4, 0.5) is 11.4 Å². The molecule has 0 fully saturated rings. The number of pyridine rings is 1. The molecular weight excluding hydrogens is 332 g/mol. The normalized spacial score (nSPS) is 11.0. The van der Waals surface area contributed by atoms with Gasteiger partial charge in [0.1, 0.15) is 11.4 Å². The first kappa shape index (κ1) is 16.0. The summed E-state index contributed by atoms with van der Waals surface area (Å²) in [5.74, 6) is -0.211. The lowest BCUT2D eigenvalue weighted by Gasteiger charge is -2.09. The third kappa shape index (κ3) is 2.71. The first-order valence-electron chi connectivity index (χ1n) is 8.20. The number of nitrogens with one attached hydrogen (secondary N) is 1. The van der Waals surface area contributed by atoms with Crippen molar-refractivity contribution in [1.82, 2.24) is 4.98 Å². The molecule has 26 heavy (non-hydrogen) atoms. The molecule has 0 spiro atoms. The average molecular weight is 348 g/mol. The van der Waals surface area contributed by atoms with Gasteiger partial charge in [0.15, 0.2) is 5.58 Å². The van der Waals surface area contributed by atoms with Gasteiger partial charge in [0.05, 0.1) is 12.8 Å². The Bertz CT molecular complexity index is 1120. The predicted molar refractivity (Wildman–Crippen MR) is 98.9 cm³/mol. The molecule has 2 heterocycles. The molecular formula is C20H16N2O4. The van der Waals surface area contributed by atoms with Gasteiger partial charge in [0, 0.05) is 22.7 Å². The Hall–Kier alpha value is -3.54. The van der Waals surface area contributed by atoms with Crippen LogP contribution in [0.25, 0.3) is 21.7 Å². The number of hydrogen-bond donors (Lipinski definition) is 2. The molecule has 0 aliphatic heterocycles. The highest BCUT2D eigenvalue weighted by Gasteiger charge is 2.22. The fraction of sp³-hybridized carbons (Fsp3) is 0.100. The second kappa shape index (κ2) is 6.40. The van der Waals surface area contributed by atoms with Gasteiger partial charge >= 0.3 is 5.97 Å². The third-order valence-corrected chi connectivity index (χ3v) is 4.08. The number of nitrogens with zero attached hydrogens (tertiary/aromatic N) is 1. The van der Waals surface area contributed by atoms with Gasteiger partial charge in [0.2, 0.25) is 5.76 Å². The van der Waals surface area contributed by atoms with E-state index in [1.807, 2.05) is 24.3 Å². The van der Waals surface area contributed by atoms with Crippen LogP contribution in [0, 0.1) is 0 Å². The number of rotatable bonds is 4. The molecule has 0 bridgehead atoms. The molecule has 0 radical (unpaired) electrons. The molecule has 4 aromatic rings. The largest absolute Gasteiger partial charge is 0.507 e. The van der Waals surface area contributed by atoms with E-state index in [-0.39, 0.29) is 18.1 Å². The van der Waals surface area contributed by atoms with Crippen LogP contribution in [0.1, 0.15) is 17.5 Å². The SMILES string of the molecule is CCOC(=O)c1oc2cnccc2c1Nc1ccc2c(O)cccc2c1. The molecule has 0 saturated heterocycles. The molecule has 6 heteroatoms. The lowest BCUT2D eigenvalue weighted by atomic mass is 10.1. The first-order valence-corrected chi connectivity index (χ1v) is 8.20. The molecule has 0 atom stereocenters. The van der Waals surface area contributed by atoms with Crippen LogP contribution in [0.15, 0.2) is 59.3 Å². The Balaban J connectivity index is 1.81. The van der Waals surface area contributed by atoms with Crippen molar-refractivity contribution in [3.63, 3.8) is 0 Å². The zero-order chi connectivity index (χ0) is 18.1. The van der Waals surface area contributed by atoms with Gasteiger partial charge in [-0.2, -0.15) is 0 Å². The van der Waals surface area contributed by atoms with Crippen LogP contribution in [0.3, 0.4) is 0 Å². The molecule has 0 amide bonds. The van der Waals surface area contributed by atoms with Gasteiger partial charge in [-0.25, -0.2) is 4.79 Å². The van der Waals surface area contributed by atoms with E-state index in [1.165, 1.54) is 0 Å². The number of esters is 1. The quantitative estimate of drug-likeness (QED) is 0.524. The minimum absolute atomic E-state index is 0.103. The number of ether oxygens (including phenoxy) is 1. The number of furan rings is 1. The molecule has 0 aliphatic carbocycles. The van der Waals surface area contributed by atoms with Crippen LogP contribution >= 0.6 is 0 Å². The monoisotopic (exact) mass is 348 g/mol. The molecule has 2 aromatic carbocycles. The van der Waals surface area contributed by atoms with Crippen molar-refractivity contribution >= 4 is 39.1 Å². The summed E-state index contributed by atoms with van der Waals surface area (Å²) in [5, 5.41) is 15.5. The Morgan fingerprint density at radius 2 is 2.12 bits per heavy atom. The number of aromatic hydroxyl groups is 1. The van der Waals surface area contributed by atoms with E-state index < -0.39 is 5.97 Å². The maximum atomic E-state index is 12.3. The van der Waals surface area contributed by atoms with Gasteiger partial charge in [0.25, 0.3) is 0 Å². The Labute approximate surface area is 149 Å². The summed E-state index contributed by atoms with van der Waals surface area (Å²) in [7, 11) is 0. The lowest BCUT2D eigenvalue weighted by molar-refractivity contribution is 0.0494. The van der Waals surface area contributed by atoms with E-state index in [0.29, 0.717) is 11.3 Å². The Morgan fingerprint density at radius 1 is 1.23 bits per heavy atom. The Kier molecular flexibility index (Phi) is 3.93. The number of anilines is 2. The fourth-order valence-corrected chi connectivity index (χ4v) is 2.90. The van der Waals surface area contributed by atoms with Gasteiger partial charge < -0.3 is 19.6 Å². The van der Waals surface area contributed by atoms with Crippen LogP contribution in [0.5, 0.6) is 5.75 Å². The van der Waals surface area contributed by atoms with Crippen molar-refractivity contribution < 1.29 is 19.1 Å². The molecule has 130 valence electrons. The van der Waals surface area contributed by atoms with E-state index in [4.69, 9.17) is 9.15 Å². The smallest absolute Gasteiger partial charge is 0.376 e. The fourth-order valence-electron chi connectivity index (χ4n) is 2.90.